The van der Waals surface area contributed by atoms with Crippen molar-refractivity contribution in [2.24, 2.45) is 0 Å². The smallest absolute Gasteiger partial charge is 0.238 e. The number of piperazine rings is 1. The Balaban J connectivity index is 1.92. The summed E-state index contributed by atoms with van der Waals surface area (Å²) in [5.41, 5.74) is 6.28. The van der Waals surface area contributed by atoms with Crippen LogP contribution in [0, 0.1) is 0 Å². The average Bonchev–Trinajstić information content (AvgIpc) is 2.44. The molecule has 0 aromatic heterocycles. The number of rotatable bonds is 5. The van der Waals surface area contributed by atoms with E-state index in [1.807, 2.05) is 12.1 Å². The maximum atomic E-state index is 12.3. The molecule has 0 saturated carbocycles. The molecular weight excluding hydrogens is 310 g/mol. The predicted molar refractivity (Wildman–Crippen MR) is 84.5 cm³/mol. The highest BCUT2D eigenvalue weighted by Gasteiger charge is 2.33. The molecule has 0 bridgehead atoms. The number of amides is 1. The minimum absolute atomic E-state index is 0.0136. The molecule has 8 heteroatoms. The molecule has 1 saturated heterocycles. The van der Waals surface area contributed by atoms with Gasteiger partial charge in [0.25, 0.3) is 0 Å². The van der Waals surface area contributed by atoms with Gasteiger partial charge in [0.1, 0.15) is 6.04 Å². The number of hydrogen-bond acceptors (Lipinski definition) is 5. The molecule has 3 N–H and O–H groups in total. The highest BCUT2D eigenvalue weighted by molar-refractivity contribution is 8.00. The molecule has 1 aromatic carbocycles. The third-order valence-corrected chi connectivity index (χ3v) is 6.50. The molecule has 1 aliphatic rings. The van der Waals surface area contributed by atoms with Gasteiger partial charge in [0.15, 0.2) is 0 Å². The van der Waals surface area contributed by atoms with Crippen LogP contribution in [0.25, 0.3) is 0 Å². The molecule has 21 heavy (non-hydrogen) atoms. The van der Waals surface area contributed by atoms with Crippen LogP contribution in [0.4, 0.5) is 5.69 Å². The number of nitrogens with zero attached hydrogens (tertiary/aromatic N) is 1. The van der Waals surface area contributed by atoms with Gasteiger partial charge in [-0.05, 0) is 31.2 Å². The van der Waals surface area contributed by atoms with Crippen LogP contribution in [0.15, 0.2) is 29.2 Å². The molecule has 6 nitrogen and oxygen atoms in total. The minimum Gasteiger partial charge on any atom is -0.399 e. The van der Waals surface area contributed by atoms with E-state index in [1.54, 1.807) is 19.1 Å². The Hall–Kier alpha value is -1.25. The zero-order valence-corrected chi connectivity index (χ0v) is 13.4. The van der Waals surface area contributed by atoms with E-state index in [4.69, 9.17) is 5.73 Å². The zero-order chi connectivity index (χ0) is 15.5. The predicted octanol–water partition coefficient (Wildman–Crippen LogP) is 0.511. The van der Waals surface area contributed by atoms with Crippen LogP contribution in [-0.2, 0) is 14.8 Å². The number of benzene rings is 1. The standard InChI is InChI=1S/C13H19N3O3S2/c1-10-13(17)15-6-7-16(10)21(18,19)9-8-20-12-4-2-11(14)3-5-12/h2-5,10H,6-9,14H2,1H3,(H,15,17). The van der Waals surface area contributed by atoms with E-state index in [0.717, 1.165) is 4.90 Å². The molecule has 0 radical (unpaired) electrons. The summed E-state index contributed by atoms with van der Waals surface area (Å²) in [5.74, 6) is 0.215. The fourth-order valence-corrected chi connectivity index (χ4v) is 5.01. The van der Waals surface area contributed by atoms with Crippen molar-refractivity contribution in [3.8, 4) is 0 Å². The Morgan fingerprint density at radius 3 is 2.71 bits per heavy atom. The van der Waals surface area contributed by atoms with Crippen molar-refractivity contribution in [2.75, 3.05) is 30.3 Å². The van der Waals surface area contributed by atoms with E-state index in [9.17, 15) is 13.2 Å². The first-order chi connectivity index (χ1) is 9.90. The van der Waals surface area contributed by atoms with E-state index in [1.165, 1.54) is 16.1 Å². The number of sulfonamides is 1. The molecule has 2 rings (SSSR count). The highest BCUT2D eigenvalue weighted by Crippen LogP contribution is 2.20. The second kappa shape index (κ2) is 6.67. The Labute approximate surface area is 129 Å². The summed E-state index contributed by atoms with van der Waals surface area (Å²) < 4.78 is 25.9. The molecule has 0 aliphatic carbocycles. The quantitative estimate of drug-likeness (QED) is 0.606. The van der Waals surface area contributed by atoms with Crippen molar-refractivity contribution < 1.29 is 13.2 Å². The lowest BCUT2D eigenvalue weighted by Crippen LogP contribution is -2.56. The first kappa shape index (κ1) is 16.1. The van der Waals surface area contributed by atoms with Gasteiger partial charge in [0, 0.05) is 29.4 Å². The fraction of sp³-hybridized carbons (Fsp3) is 0.462. The normalized spacial score (nSPS) is 20.2. The number of anilines is 1. The van der Waals surface area contributed by atoms with Crippen molar-refractivity contribution >= 4 is 33.4 Å². The number of nitrogens with two attached hydrogens (primary N) is 1. The molecule has 1 amide bonds. The fourth-order valence-electron chi connectivity index (χ4n) is 2.09. The van der Waals surface area contributed by atoms with Gasteiger partial charge in [0.05, 0.1) is 5.75 Å². The summed E-state index contributed by atoms with van der Waals surface area (Å²) in [4.78, 5) is 12.5. The van der Waals surface area contributed by atoms with Crippen LogP contribution in [0.2, 0.25) is 0 Å². The molecule has 1 aromatic rings. The van der Waals surface area contributed by atoms with E-state index in [2.05, 4.69) is 5.32 Å². The maximum Gasteiger partial charge on any atom is 0.238 e. The lowest BCUT2D eigenvalue weighted by atomic mass is 10.2. The lowest BCUT2D eigenvalue weighted by molar-refractivity contribution is -0.126. The van der Waals surface area contributed by atoms with Gasteiger partial charge in [0.2, 0.25) is 15.9 Å². The third kappa shape index (κ3) is 4.12. The third-order valence-electron chi connectivity index (χ3n) is 3.29. The van der Waals surface area contributed by atoms with Gasteiger partial charge in [-0.15, -0.1) is 11.8 Å². The number of carbonyl (C=O) groups excluding carboxylic acids is 1. The van der Waals surface area contributed by atoms with Crippen LogP contribution >= 0.6 is 11.8 Å². The SMILES string of the molecule is CC1C(=O)NCCN1S(=O)(=O)CCSc1ccc(N)cc1. The molecule has 116 valence electrons. The number of carbonyl (C=O) groups is 1. The number of hydrogen-bond donors (Lipinski definition) is 2. The van der Waals surface area contributed by atoms with Crippen LogP contribution in [0.1, 0.15) is 6.92 Å². The summed E-state index contributed by atoms with van der Waals surface area (Å²) in [5, 5.41) is 2.66. The maximum absolute atomic E-state index is 12.3. The van der Waals surface area contributed by atoms with Crippen molar-refractivity contribution in [3.05, 3.63) is 24.3 Å². The molecule has 1 heterocycles. The summed E-state index contributed by atoms with van der Waals surface area (Å²) >= 11 is 1.46. The largest absolute Gasteiger partial charge is 0.399 e. The summed E-state index contributed by atoms with van der Waals surface area (Å²) in [7, 11) is -3.42. The molecular formula is C13H19N3O3S2. The lowest BCUT2D eigenvalue weighted by Gasteiger charge is -2.31. The van der Waals surface area contributed by atoms with Crippen molar-refractivity contribution in [1.29, 1.82) is 0 Å². The van der Waals surface area contributed by atoms with E-state index < -0.39 is 16.1 Å². The van der Waals surface area contributed by atoms with Gasteiger partial charge in [-0.25, -0.2) is 8.42 Å². The number of nitrogen functional groups attached to an aromatic ring is 1. The first-order valence-corrected chi connectivity index (χ1v) is 9.25. The first-order valence-electron chi connectivity index (χ1n) is 6.66. The Morgan fingerprint density at radius 2 is 2.05 bits per heavy atom. The Kier molecular flexibility index (Phi) is 5.13. The summed E-state index contributed by atoms with van der Waals surface area (Å²) in [6.45, 7) is 2.31. The molecule has 0 spiro atoms. The van der Waals surface area contributed by atoms with Gasteiger partial charge in [-0.1, -0.05) is 0 Å². The van der Waals surface area contributed by atoms with E-state index in [-0.39, 0.29) is 11.7 Å². The van der Waals surface area contributed by atoms with Gasteiger partial charge >= 0.3 is 0 Å². The molecule has 1 aliphatic heterocycles. The van der Waals surface area contributed by atoms with Gasteiger partial charge in [-0.3, -0.25) is 4.79 Å². The second-order valence-corrected chi connectivity index (χ2v) is 8.02. The Morgan fingerprint density at radius 1 is 1.38 bits per heavy atom. The van der Waals surface area contributed by atoms with E-state index in [0.29, 0.717) is 24.5 Å². The average molecular weight is 329 g/mol. The highest BCUT2D eigenvalue weighted by atomic mass is 32.2. The summed E-state index contributed by atoms with van der Waals surface area (Å²) in [6.07, 6.45) is 0. The Bertz CT molecular complexity index is 602. The van der Waals surface area contributed by atoms with Crippen molar-refractivity contribution in [2.45, 2.75) is 17.9 Å². The second-order valence-electron chi connectivity index (χ2n) is 4.81. The molecule has 1 atom stereocenters. The van der Waals surface area contributed by atoms with Crippen molar-refractivity contribution in [3.63, 3.8) is 0 Å². The van der Waals surface area contributed by atoms with Crippen LogP contribution in [0.3, 0.4) is 0 Å². The molecule has 1 unspecified atom stereocenters. The van der Waals surface area contributed by atoms with Crippen LogP contribution < -0.4 is 11.1 Å². The minimum atomic E-state index is -3.42. The monoisotopic (exact) mass is 329 g/mol. The zero-order valence-electron chi connectivity index (χ0n) is 11.8. The van der Waals surface area contributed by atoms with Crippen LogP contribution in [0.5, 0.6) is 0 Å². The summed E-state index contributed by atoms with van der Waals surface area (Å²) in [6, 6.07) is 6.67. The number of nitrogens with one attached hydrogen (secondary N) is 1. The van der Waals surface area contributed by atoms with E-state index >= 15 is 0 Å². The molecule has 1 fully saturated rings. The van der Waals surface area contributed by atoms with Crippen molar-refractivity contribution in [1.82, 2.24) is 9.62 Å². The van der Waals surface area contributed by atoms with Crippen LogP contribution in [-0.4, -0.2) is 49.3 Å². The topological polar surface area (TPSA) is 92.5 Å². The number of thioether (sulfide) groups is 1. The van der Waals surface area contributed by atoms with Gasteiger partial charge in [-0.2, -0.15) is 4.31 Å². The van der Waals surface area contributed by atoms with Gasteiger partial charge < -0.3 is 11.1 Å².